The maximum absolute atomic E-state index is 13.5. The van der Waals surface area contributed by atoms with Crippen LogP contribution in [0.2, 0.25) is 0 Å². The lowest BCUT2D eigenvalue weighted by atomic mass is 10.0. The molecule has 0 aliphatic carbocycles. The van der Waals surface area contributed by atoms with Gasteiger partial charge in [-0.3, -0.25) is 0 Å². The lowest BCUT2D eigenvalue weighted by molar-refractivity contribution is 0.441. The zero-order chi connectivity index (χ0) is 14.2. The van der Waals surface area contributed by atoms with Gasteiger partial charge in [-0.15, -0.1) is 11.6 Å². The van der Waals surface area contributed by atoms with E-state index >= 15 is 0 Å². The van der Waals surface area contributed by atoms with E-state index < -0.39 is 40.0 Å². The van der Waals surface area contributed by atoms with Crippen LogP contribution in [-0.2, 0) is 0 Å². The molecule has 0 fully saturated rings. The molecule has 0 amide bonds. The molecular weight excluding hydrogens is 287 g/mol. The van der Waals surface area contributed by atoms with Crippen molar-refractivity contribution in [1.29, 1.82) is 0 Å². The Hall–Kier alpha value is -1.62. The van der Waals surface area contributed by atoms with Crippen LogP contribution in [0.25, 0.3) is 0 Å². The topological polar surface area (TPSA) is 0 Å². The van der Waals surface area contributed by atoms with E-state index in [2.05, 4.69) is 0 Å². The lowest BCUT2D eigenvalue weighted by Gasteiger charge is -2.13. The average molecular weight is 293 g/mol. The molecule has 2 aromatic carbocycles. The minimum atomic E-state index is -1.69. The second kappa shape index (κ2) is 5.17. The normalized spacial score (nSPS) is 12.5. The highest BCUT2D eigenvalue weighted by Gasteiger charge is 2.22. The summed E-state index contributed by atoms with van der Waals surface area (Å²) in [5.41, 5.74) is -0.654. The molecule has 1 unspecified atom stereocenters. The van der Waals surface area contributed by atoms with Gasteiger partial charge < -0.3 is 0 Å². The third-order valence-electron chi connectivity index (χ3n) is 2.57. The maximum Gasteiger partial charge on any atom is 0.194 e. The highest BCUT2D eigenvalue weighted by molar-refractivity contribution is 6.22. The minimum Gasteiger partial charge on any atom is -0.207 e. The predicted molar refractivity (Wildman–Crippen MR) is 60.4 cm³/mol. The number of hydrogen-bond donors (Lipinski definition) is 0. The van der Waals surface area contributed by atoms with Gasteiger partial charge in [-0.25, -0.2) is 22.0 Å². The van der Waals surface area contributed by atoms with Gasteiger partial charge in [-0.1, -0.05) is 12.1 Å². The SMILES string of the molecule is Fc1ccc(C(Cl)c2ccc(F)c(F)c2F)c(F)c1. The number of rotatable bonds is 2. The van der Waals surface area contributed by atoms with Crippen molar-refractivity contribution in [3.8, 4) is 0 Å². The standard InChI is InChI=1S/C13H6ClF5/c14-11(7-2-1-6(15)5-10(7)17)8-3-4-9(16)13(19)12(8)18/h1-5,11H. The van der Waals surface area contributed by atoms with Crippen LogP contribution in [0.5, 0.6) is 0 Å². The Labute approximate surface area is 110 Å². The van der Waals surface area contributed by atoms with Gasteiger partial charge in [0.15, 0.2) is 17.5 Å². The molecule has 2 aromatic rings. The molecule has 0 aliphatic rings. The zero-order valence-corrected chi connectivity index (χ0v) is 9.99. The van der Waals surface area contributed by atoms with Crippen LogP contribution in [0.3, 0.4) is 0 Å². The van der Waals surface area contributed by atoms with Gasteiger partial charge in [0.2, 0.25) is 0 Å². The van der Waals surface area contributed by atoms with Crippen LogP contribution in [0.4, 0.5) is 22.0 Å². The molecule has 6 heteroatoms. The summed E-state index contributed by atoms with van der Waals surface area (Å²) in [6.07, 6.45) is 0. The van der Waals surface area contributed by atoms with Crippen LogP contribution in [0.15, 0.2) is 30.3 Å². The summed E-state index contributed by atoms with van der Waals surface area (Å²) >= 11 is 5.83. The zero-order valence-electron chi connectivity index (χ0n) is 9.23. The van der Waals surface area contributed by atoms with Gasteiger partial charge >= 0.3 is 0 Å². The van der Waals surface area contributed by atoms with Crippen molar-refractivity contribution < 1.29 is 22.0 Å². The van der Waals surface area contributed by atoms with E-state index in [-0.39, 0.29) is 5.56 Å². The highest BCUT2D eigenvalue weighted by Crippen LogP contribution is 2.33. The van der Waals surface area contributed by atoms with Crippen LogP contribution >= 0.6 is 11.6 Å². The number of benzene rings is 2. The Balaban J connectivity index is 2.50. The van der Waals surface area contributed by atoms with Crippen LogP contribution < -0.4 is 0 Å². The first-order chi connectivity index (χ1) is 8.91. The Morgan fingerprint density at radius 3 is 2.00 bits per heavy atom. The Bertz CT molecular complexity index is 627. The van der Waals surface area contributed by atoms with Gasteiger partial charge in [0.05, 0.1) is 5.38 Å². The lowest BCUT2D eigenvalue weighted by Crippen LogP contribution is -2.03. The van der Waals surface area contributed by atoms with E-state index in [0.29, 0.717) is 12.1 Å². The summed E-state index contributed by atoms with van der Waals surface area (Å²) in [6, 6.07) is 4.12. The molecule has 0 aliphatic heterocycles. The Kier molecular flexibility index (Phi) is 3.75. The largest absolute Gasteiger partial charge is 0.207 e. The van der Waals surface area contributed by atoms with E-state index in [1.807, 2.05) is 0 Å². The van der Waals surface area contributed by atoms with Gasteiger partial charge in [-0.05, 0) is 12.1 Å². The summed E-state index contributed by atoms with van der Waals surface area (Å²) in [7, 11) is 0. The van der Waals surface area contributed by atoms with Crippen LogP contribution in [0.1, 0.15) is 16.5 Å². The molecule has 0 spiro atoms. The highest BCUT2D eigenvalue weighted by atomic mass is 35.5. The van der Waals surface area contributed by atoms with Gasteiger partial charge in [-0.2, -0.15) is 0 Å². The minimum absolute atomic E-state index is 0.229. The molecule has 0 saturated heterocycles. The van der Waals surface area contributed by atoms with Crippen molar-refractivity contribution in [2.24, 2.45) is 0 Å². The molecule has 0 saturated carbocycles. The van der Waals surface area contributed by atoms with E-state index in [9.17, 15) is 22.0 Å². The molecule has 1 atom stereocenters. The van der Waals surface area contributed by atoms with E-state index in [1.54, 1.807) is 0 Å². The van der Waals surface area contributed by atoms with Crippen LogP contribution in [0, 0.1) is 29.1 Å². The molecule has 0 heterocycles. The summed E-state index contributed by atoms with van der Waals surface area (Å²) in [4.78, 5) is 0. The van der Waals surface area contributed by atoms with E-state index in [4.69, 9.17) is 11.6 Å². The molecule has 0 radical (unpaired) electrons. The second-order valence-corrected chi connectivity index (χ2v) is 4.23. The van der Waals surface area contributed by atoms with Crippen molar-refractivity contribution in [2.45, 2.75) is 5.38 Å². The fourth-order valence-electron chi connectivity index (χ4n) is 1.61. The quantitative estimate of drug-likeness (QED) is 0.427. The first kappa shape index (κ1) is 13.8. The summed E-state index contributed by atoms with van der Waals surface area (Å²) < 4.78 is 65.6. The molecule has 0 aromatic heterocycles. The molecule has 100 valence electrons. The molecule has 0 bridgehead atoms. The van der Waals surface area contributed by atoms with Crippen molar-refractivity contribution in [1.82, 2.24) is 0 Å². The summed E-state index contributed by atoms with van der Waals surface area (Å²) in [5.74, 6) is -6.38. The fraction of sp³-hybridized carbons (Fsp3) is 0.0769. The van der Waals surface area contributed by atoms with Crippen molar-refractivity contribution in [3.05, 3.63) is 70.5 Å². The number of halogens is 6. The van der Waals surface area contributed by atoms with Crippen molar-refractivity contribution in [3.63, 3.8) is 0 Å². The van der Waals surface area contributed by atoms with Gasteiger partial charge in [0.1, 0.15) is 11.6 Å². The maximum atomic E-state index is 13.5. The average Bonchev–Trinajstić information content (AvgIpc) is 2.35. The van der Waals surface area contributed by atoms with E-state index in [1.165, 1.54) is 0 Å². The molecule has 0 nitrogen and oxygen atoms in total. The van der Waals surface area contributed by atoms with Crippen molar-refractivity contribution >= 4 is 11.6 Å². The first-order valence-corrected chi connectivity index (χ1v) is 5.58. The molecule has 0 N–H and O–H groups in total. The van der Waals surface area contributed by atoms with Crippen molar-refractivity contribution in [2.75, 3.05) is 0 Å². The molecule has 19 heavy (non-hydrogen) atoms. The van der Waals surface area contributed by atoms with Gasteiger partial charge in [0.25, 0.3) is 0 Å². The predicted octanol–water partition coefficient (Wildman–Crippen LogP) is 4.71. The van der Waals surface area contributed by atoms with E-state index in [0.717, 1.165) is 18.2 Å². The fourth-order valence-corrected chi connectivity index (χ4v) is 1.96. The molecular formula is C13H6ClF5. The smallest absolute Gasteiger partial charge is 0.194 e. The number of alkyl halides is 1. The Morgan fingerprint density at radius 1 is 0.737 bits per heavy atom. The third-order valence-corrected chi connectivity index (χ3v) is 3.04. The second-order valence-electron chi connectivity index (χ2n) is 3.79. The number of hydrogen-bond acceptors (Lipinski definition) is 0. The summed E-state index contributed by atoms with van der Waals surface area (Å²) in [5, 5.41) is -1.39. The molecule has 2 rings (SSSR count). The Morgan fingerprint density at radius 2 is 1.37 bits per heavy atom. The monoisotopic (exact) mass is 292 g/mol. The van der Waals surface area contributed by atoms with Crippen LogP contribution in [-0.4, -0.2) is 0 Å². The third kappa shape index (κ3) is 2.56. The summed E-state index contributed by atoms with van der Waals surface area (Å²) in [6.45, 7) is 0. The first-order valence-electron chi connectivity index (χ1n) is 5.14. The van der Waals surface area contributed by atoms with Gasteiger partial charge in [0, 0.05) is 17.2 Å².